The van der Waals surface area contributed by atoms with E-state index in [4.69, 9.17) is 9.26 Å². The third kappa shape index (κ3) is 4.11. The number of aryl methyl sites for hydroxylation is 1. The molecule has 4 heterocycles. The van der Waals surface area contributed by atoms with Gasteiger partial charge in [-0.1, -0.05) is 6.07 Å². The number of hydrogen-bond donors (Lipinski definition) is 1. The molecule has 1 N–H and O–H groups in total. The summed E-state index contributed by atoms with van der Waals surface area (Å²) in [6.07, 6.45) is 2.01. The zero-order chi connectivity index (χ0) is 19.5. The predicted molar refractivity (Wildman–Crippen MR) is 102 cm³/mol. The van der Waals surface area contributed by atoms with Gasteiger partial charge in [0, 0.05) is 69.3 Å². The van der Waals surface area contributed by atoms with Crippen molar-refractivity contribution in [3.63, 3.8) is 0 Å². The van der Waals surface area contributed by atoms with Gasteiger partial charge >= 0.3 is 0 Å². The van der Waals surface area contributed by atoms with Crippen molar-refractivity contribution in [1.29, 1.82) is 0 Å². The van der Waals surface area contributed by atoms with Crippen molar-refractivity contribution < 1.29 is 14.1 Å². The summed E-state index contributed by atoms with van der Waals surface area (Å²) < 4.78 is 12.0. The van der Waals surface area contributed by atoms with Crippen LogP contribution in [0.4, 0.5) is 0 Å². The number of nitrogens with one attached hydrogen (secondary N) is 1. The molecule has 2 unspecified atom stereocenters. The van der Waals surface area contributed by atoms with Gasteiger partial charge in [-0.2, -0.15) is 0 Å². The molecule has 2 bridgehead atoms. The van der Waals surface area contributed by atoms with E-state index in [0.29, 0.717) is 42.9 Å². The van der Waals surface area contributed by atoms with E-state index >= 15 is 0 Å². The van der Waals surface area contributed by atoms with E-state index in [-0.39, 0.29) is 11.5 Å². The average Bonchev–Trinajstić information content (AvgIpc) is 3.15. The van der Waals surface area contributed by atoms with E-state index in [1.807, 2.05) is 10.6 Å². The summed E-state index contributed by atoms with van der Waals surface area (Å²) in [5.41, 5.74) is 1.26. The number of carbonyl (C=O) groups is 1. The first-order valence-electron chi connectivity index (χ1n) is 9.80. The highest BCUT2D eigenvalue weighted by molar-refractivity contribution is 5.76. The van der Waals surface area contributed by atoms with Crippen LogP contribution in [0.1, 0.15) is 30.2 Å². The van der Waals surface area contributed by atoms with Gasteiger partial charge in [0.05, 0.1) is 7.11 Å². The second-order valence-electron chi connectivity index (χ2n) is 7.64. The Morgan fingerprint density at radius 3 is 3.07 bits per heavy atom. The maximum absolute atomic E-state index is 12.1. The number of fused-ring (bicyclic) bond motifs is 4. The lowest BCUT2D eigenvalue weighted by Crippen LogP contribution is -2.48. The van der Waals surface area contributed by atoms with Gasteiger partial charge in [-0.25, -0.2) is 0 Å². The molecule has 8 nitrogen and oxygen atoms in total. The zero-order valence-corrected chi connectivity index (χ0v) is 16.1. The summed E-state index contributed by atoms with van der Waals surface area (Å²) in [6.45, 7) is 4.17. The molecule has 8 heteroatoms. The fourth-order valence-corrected chi connectivity index (χ4v) is 4.36. The fraction of sp³-hybridized carbons (Fsp3) is 0.550. The van der Waals surface area contributed by atoms with Crippen LogP contribution in [0.25, 0.3) is 0 Å². The van der Waals surface area contributed by atoms with Crippen molar-refractivity contribution >= 4 is 5.91 Å². The minimum Gasteiger partial charge on any atom is -0.479 e. The molecule has 4 rings (SSSR count). The summed E-state index contributed by atoms with van der Waals surface area (Å²) in [4.78, 5) is 26.6. The molecule has 2 aromatic rings. The van der Waals surface area contributed by atoms with Crippen LogP contribution in [-0.2, 0) is 17.8 Å². The Morgan fingerprint density at radius 1 is 1.36 bits per heavy atom. The normalized spacial score (nSPS) is 21.2. The Balaban J connectivity index is 1.23. The summed E-state index contributed by atoms with van der Waals surface area (Å²) in [7, 11) is 1.53. The molecule has 1 fully saturated rings. The number of ether oxygens (including phenoxy) is 1. The van der Waals surface area contributed by atoms with Crippen LogP contribution in [-0.4, -0.2) is 53.8 Å². The minimum absolute atomic E-state index is 0.00414. The van der Waals surface area contributed by atoms with E-state index in [9.17, 15) is 9.59 Å². The third-order valence-electron chi connectivity index (χ3n) is 5.65. The highest BCUT2D eigenvalue weighted by Gasteiger charge is 2.34. The summed E-state index contributed by atoms with van der Waals surface area (Å²) >= 11 is 0. The Bertz CT molecular complexity index is 890. The lowest BCUT2D eigenvalue weighted by molar-refractivity contribution is -0.121. The van der Waals surface area contributed by atoms with Crippen LogP contribution in [0, 0.1) is 5.92 Å². The van der Waals surface area contributed by atoms with E-state index < -0.39 is 0 Å². The fourth-order valence-electron chi connectivity index (χ4n) is 4.36. The van der Waals surface area contributed by atoms with Gasteiger partial charge in [0.15, 0.2) is 0 Å². The van der Waals surface area contributed by atoms with Crippen LogP contribution in [0.3, 0.4) is 0 Å². The highest BCUT2D eigenvalue weighted by atomic mass is 16.5. The molecule has 28 heavy (non-hydrogen) atoms. The number of likely N-dealkylation sites (tertiary alicyclic amines) is 1. The largest absolute Gasteiger partial charge is 0.479 e. The van der Waals surface area contributed by atoms with Crippen molar-refractivity contribution in [3.8, 4) is 5.88 Å². The van der Waals surface area contributed by atoms with Crippen LogP contribution in [0.2, 0.25) is 0 Å². The number of hydrogen-bond acceptors (Lipinski definition) is 6. The molecule has 2 aliphatic rings. The molecule has 2 aliphatic heterocycles. The van der Waals surface area contributed by atoms with E-state index in [1.54, 1.807) is 12.1 Å². The molecule has 150 valence electrons. The summed E-state index contributed by atoms with van der Waals surface area (Å²) in [6, 6.07) is 7.28. The first-order valence-corrected chi connectivity index (χ1v) is 9.80. The molecular formula is C20H26N4O4. The van der Waals surface area contributed by atoms with Crippen LogP contribution in [0.15, 0.2) is 33.6 Å². The van der Waals surface area contributed by atoms with Crippen molar-refractivity contribution in [2.24, 2.45) is 5.92 Å². The number of pyridine rings is 1. The molecule has 0 saturated carbocycles. The number of methoxy groups -OCH3 is 1. The minimum atomic E-state index is 0.00414. The van der Waals surface area contributed by atoms with Gasteiger partial charge in [-0.15, -0.1) is 0 Å². The SMILES string of the molecule is COc1cc(CCC(=O)NCCN2CC3CC(C2)c2cccc(=O)n2C3)on1. The molecule has 1 saturated heterocycles. The lowest BCUT2D eigenvalue weighted by Gasteiger charge is -2.42. The molecule has 2 aromatic heterocycles. The quantitative estimate of drug-likeness (QED) is 0.764. The Morgan fingerprint density at radius 2 is 2.25 bits per heavy atom. The van der Waals surface area contributed by atoms with Crippen LogP contribution >= 0.6 is 0 Å². The van der Waals surface area contributed by atoms with Gasteiger partial charge in [0.2, 0.25) is 5.91 Å². The average molecular weight is 386 g/mol. The topological polar surface area (TPSA) is 89.6 Å². The summed E-state index contributed by atoms with van der Waals surface area (Å²) in [5.74, 6) is 1.98. The van der Waals surface area contributed by atoms with Gasteiger partial charge in [0.25, 0.3) is 11.4 Å². The van der Waals surface area contributed by atoms with Crippen molar-refractivity contribution in [1.82, 2.24) is 19.9 Å². The van der Waals surface area contributed by atoms with Gasteiger partial charge in [-0.05, 0) is 23.6 Å². The molecule has 1 amide bonds. The van der Waals surface area contributed by atoms with Gasteiger partial charge in [-0.3, -0.25) is 9.59 Å². The molecule has 0 aliphatic carbocycles. The maximum atomic E-state index is 12.1. The van der Waals surface area contributed by atoms with Crippen molar-refractivity contribution in [2.45, 2.75) is 31.7 Å². The lowest BCUT2D eigenvalue weighted by atomic mass is 9.83. The first kappa shape index (κ1) is 18.7. The number of nitrogens with zero attached hydrogens (tertiary/aromatic N) is 3. The van der Waals surface area contributed by atoms with Crippen molar-refractivity contribution in [3.05, 3.63) is 46.1 Å². The Hall–Kier alpha value is -2.61. The van der Waals surface area contributed by atoms with E-state index in [0.717, 1.165) is 38.3 Å². The molecule has 0 aromatic carbocycles. The zero-order valence-electron chi connectivity index (χ0n) is 16.1. The molecular weight excluding hydrogens is 360 g/mol. The molecule has 0 radical (unpaired) electrons. The number of aromatic nitrogens is 2. The third-order valence-corrected chi connectivity index (χ3v) is 5.65. The van der Waals surface area contributed by atoms with E-state index in [1.165, 1.54) is 7.11 Å². The monoisotopic (exact) mass is 386 g/mol. The maximum Gasteiger partial charge on any atom is 0.254 e. The molecule has 0 spiro atoms. The Kier molecular flexibility index (Phi) is 5.47. The van der Waals surface area contributed by atoms with Gasteiger partial charge in [0.1, 0.15) is 5.76 Å². The van der Waals surface area contributed by atoms with Gasteiger partial charge < -0.3 is 24.0 Å². The predicted octanol–water partition coefficient (Wildman–Crippen LogP) is 1.01. The second-order valence-corrected chi connectivity index (χ2v) is 7.64. The van der Waals surface area contributed by atoms with E-state index in [2.05, 4.69) is 21.4 Å². The number of rotatable bonds is 7. The first-order chi connectivity index (χ1) is 13.6. The Labute approximate surface area is 163 Å². The number of amides is 1. The standard InChI is InChI=1S/C20H26N4O4/c1-27-19-10-16(28-22-19)5-6-18(25)21-7-8-23-11-14-9-15(13-23)17-3-2-4-20(26)24(17)12-14/h2-4,10,14-15H,5-9,11-13H2,1H3,(H,21,25). The number of carbonyl (C=O) groups excluding carboxylic acids is 1. The highest BCUT2D eigenvalue weighted by Crippen LogP contribution is 2.34. The van der Waals surface area contributed by atoms with Crippen molar-refractivity contribution in [2.75, 3.05) is 33.3 Å². The second kappa shape index (κ2) is 8.18. The summed E-state index contributed by atoms with van der Waals surface area (Å²) in [5, 5.41) is 6.71. The van der Waals surface area contributed by atoms with Crippen LogP contribution in [0.5, 0.6) is 5.88 Å². The molecule has 2 atom stereocenters. The van der Waals surface area contributed by atoms with Crippen LogP contribution < -0.4 is 15.6 Å². The smallest absolute Gasteiger partial charge is 0.254 e. The number of piperidine rings is 1.